The highest BCUT2D eigenvalue weighted by Gasteiger charge is 2.50. The Kier molecular flexibility index (Phi) is 5.12. The maximum Gasteiger partial charge on any atom is 0.0771 e. The molecule has 0 amide bonds. The molecular weight excluding hydrogens is 306 g/mol. The van der Waals surface area contributed by atoms with Crippen molar-refractivity contribution < 1.29 is 5.11 Å². The van der Waals surface area contributed by atoms with Crippen LogP contribution >= 0.6 is 0 Å². The topological polar surface area (TPSA) is 32.3 Å². The first kappa shape index (κ1) is 17.9. The minimum absolute atomic E-state index is 0.0848. The van der Waals surface area contributed by atoms with Gasteiger partial charge in [0.15, 0.2) is 0 Å². The van der Waals surface area contributed by atoms with Crippen LogP contribution in [0, 0.1) is 11.8 Å². The van der Waals surface area contributed by atoms with Gasteiger partial charge in [0.05, 0.1) is 5.60 Å². The van der Waals surface area contributed by atoms with Gasteiger partial charge >= 0.3 is 0 Å². The molecule has 1 heterocycles. The van der Waals surface area contributed by atoms with Crippen LogP contribution in [-0.2, 0) is 0 Å². The fraction of sp³-hybridized carbons (Fsp3) is 0.391. The molecule has 25 heavy (non-hydrogen) atoms. The van der Waals surface area contributed by atoms with Crippen molar-refractivity contribution in [3.8, 4) is 0 Å². The van der Waals surface area contributed by atoms with Crippen molar-refractivity contribution in [1.29, 1.82) is 0 Å². The molecule has 0 aliphatic carbocycles. The third-order valence-corrected chi connectivity index (χ3v) is 5.84. The number of hydrogen-bond acceptors (Lipinski definition) is 2. The zero-order chi connectivity index (χ0) is 18.0. The summed E-state index contributed by atoms with van der Waals surface area (Å²) in [5.41, 5.74) is 2.69. The molecule has 4 unspecified atom stereocenters. The second kappa shape index (κ2) is 7.15. The Morgan fingerprint density at radius 1 is 0.920 bits per heavy atom. The number of nitrogens with one attached hydrogen (secondary N) is 1. The molecule has 2 N–H and O–H groups in total. The molecule has 2 aromatic carbocycles. The van der Waals surface area contributed by atoms with E-state index < -0.39 is 5.60 Å². The summed E-state index contributed by atoms with van der Waals surface area (Å²) in [5, 5.41) is 15.6. The average molecular weight is 335 g/mol. The molecule has 1 saturated heterocycles. The fourth-order valence-electron chi connectivity index (χ4n) is 4.37. The van der Waals surface area contributed by atoms with Gasteiger partial charge in [0, 0.05) is 23.9 Å². The SMILES string of the molecule is C=C(C)CC1(O)C(C)C(c2ccccc2)NC(c2ccccc2)C1C. The monoisotopic (exact) mass is 335 g/mol. The van der Waals surface area contributed by atoms with Crippen molar-refractivity contribution in [1.82, 2.24) is 5.32 Å². The van der Waals surface area contributed by atoms with Crippen LogP contribution in [0.25, 0.3) is 0 Å². The first-order chi connectivity index (χ1) is 11.9. The molecule has 2 heteroatoms. The second-order valence-corrected chi connectivity index (χ2v) is 7.65. The minimum atomic E-state index is -0.794. The van der Waals surface area contributed by atoms with Crippen LogP contribution in [0.3, 0.4) is 0 Å². The summed E-state index contributed by atoms with van der Waals surface area (Å²) in [6.07, 6.45) is 0.629. The van der Waals surface area contributed by atoms with E-state index in [-0.39, 0.29) is 23.9 Å². The summed E-state index contributed by atoms with van der Waals surface area (Å²) >= 11 is 0. The highest BCUT2D eigenvalue weighted by molar-refractivity contribution is 5.28. The summed E-state index contributed by atoms with van der Waals surface area (Å²) in [6, 6.07) is 21.1. The van der Waals surface area contributed by atoms with Gasteiger partial charge in [0.1, 0.15) is 0 Å². The standard InChI is InChI=1S/C23H29NO/c1-16(2)15-23(25)17(3)21(19-11-7-5-8-12-19)24-22(18(23)4)20-13-9-6-10-14-20/h5-14,17-18,21-22,24-25H,1,15H2,2-4H3. The molecule has 3 rings (SSSR count). The summed E-state index contributed by atoms with van der Waals surface area (Å²) in [6.45, 7) is 10.4. The van der Waals surface area contributed by atoms with Crippen molar-refractivity contribution in [3.63, 3.8) is 0 Å². The number of piperidine rings is 1. The fourth-order valence-corrected chi connectivity index (χ4v) is 4.37. The normalized spacial score (nSPS) is 32.3. The highest BCUT2D eigenvalue weighted by Crippen LogP contribution is 2.49. The minimum Gasteiger partial charge on any atom is -0.389 e. The molecule has 1 fully saturated rings. The van der Waals surface area contributed by atoms with Crippen molar-refractivity contribution in [2.75, 3.05) is 0 Å². The lowest BCUT2D eigenvalue weighted by atomic mass is 9.64. The van der Waals surface area contributed by atoms with Crippen LogP contribution in [0.5, 0.6) is 0 Å². The first-order valence-electron chi connectivity index (χ1n) is 9.16. The number of rotatable bonds is 4. The van der Waals surface area contributed by atoms with Gasteiger partial charge in [-0.3, -0.25) is 0 Å². The van der Waals surface area contributed by atoms with E-state index in [1.54, 1.807) is 0 Å². The van der Waals surface area contributed by atoms with E-state index in [0.717, 1.165) is 5.57 Å². The quantitative estimate of drug-likeness (QED) is 0.767. The summed E-state index contributed by atoms with van der Waals surface area (Å²) in [7, 11) is 0. The molecule has 2 nitrogen and oxygen atoms in total. The van der Waals surface area contributed by atoms with E-state index in [9.17, 15) is 5.11 Å². The van der Waals surface area contributed by atoms with E-state index in [1.807, 2.05) is 19.1 Å². The number of aliphatic hydroxyl groups is 1. The molecule has 0 radical (unpaired) electrons. The molecule has 0 spiro atoms. The van der Waals surface area contributed by atoms with Gasteiger partial charge in [-0.2, -0.15) is 0 Å². The van der Waals surface area contributed by atoms with Gasteiger partial charge in [-0.15, -0.1) is 6.58 Å². The van der Waals surface area contributed by atoms with Gasteiger partial charge in [-0.05, 0) is 24.5 Å². The predicted molar refractivity (Wildman–Crippen MR) is 104 cm³/mol. The average Bonchev–Trinajstić information content (AvgIpc) is 2.61. The van der Waals surface area contributed by atoms with Gasteiger partial charge in [0.25, 0.3) is 0 Å². The molecule has 1 aliphatic rings. The molecule has 2 aromatic rings. The van der Waals surface area contributed by atoms with Crippen LogP contribution in [-0.4, -0.2) is 10.7 Å². The molecule has 4 atom stereocenters. The van der Waals surface area contributed by atoms with E-state index in [2.05, 4.69) is 74.3 Å². The summed E-state index contributed by atoms with van der Waals surface area (Å²) < 4.78 is 0. The van der Waals surface area contributed by atoms with Crippen LogP contribution in [0.1, 0.15) is 50.4 Å². The summed E-state index contributed by atoms with van der Waals surface area (Å²) in [5.74, 6) is 0.170. The lowest BCUT2D eigenvalue weighted by Gasteiger charge is -2.52. The maximum atomic E-state index is 11.7. The lowest BCUT2D eigenvalue weighted by Crippen LogP contribution is -2.57. The predicted octanol–water partition coefficient (Wildman–Crippen LogP) is 5.04. The molecule has 0 bridgehead atoms. The molecular formula is C23H29NO. The second-order valence-electron chi connectivity index (χ2n) is 7.65. The van der Waals surface area contributed by atoms with Crippen LogP contribution in [0.4, 0.5) is 0 Å². The highest BCUT2D eigenvalue weighted by atomic mass is 16.3. The smallest absolute Gasteiger partial charge is 0.0771 e. The third-order valence-electron chi connectivity index (χ3n) is 5.84. The maximum absolute atomic E-state index is 11.7. The van der Waals surface area contributed by atoms with Crippen LogP contribution < -0.4 is 5.32 Å². The number of benzene rings is 2. The van der Waals surface area contributed by atoms with Crippen molar-refractivity contribution in [2.45, 2.75) is 44.9 Å². The van der Waals surface area contributed by atoms with E-state index in [0.29, 0.717) is 6.42 Å². The Morgan fingerprint density at radius 3 is 1.68 bits per heavy atom. The van der Waals surface area contributed by atoms with Gasteiger partial charge in [-0.25, -0.2) is 0 Å². The number of hydrogen-bond donors (Lipinski definition) is 2. The third kappa shape index (κ3) is 3.42. The largest absolute Gasteiger partial charge is 0.389 e. The Hall–Kier alpha value is -1.90. The van der Waals surface area contributed by atoms with Crippen molar-refractivity contribution >= 4 is 0 Å². The van der Waals surface area contributed by atoms with Crippen LogP contribution in [0.15, 0.2) is 72.8 Å². The Labute approximate surface area is 151 Å². The first-order valence-corrected chi connectivity index (χ1v) is 9.16. The van der Waals surface area contributed by atoms with Gasteiger partial charge < -0.3 is 10.4 Å². The van der Waals surface area contributed by atoms with E-state index in [4.69, 9.17) is 0 Å². The molecule has 1 aliphatic heterocycles. The van der Waals surface area contributed by atoms with E-state index in [1.165, 1.54) is 11.1 Å². The van der Waals surface area contributed by atoms with Gasteiger partial charge in [-0.1, -0.05) is 80.1 Å². The zero-order valence-electron chi connectivity index (χ0n) is 15.4. The summed E-state index contributed by atoms with van der Waals surface area (Å²) in [4.78, 5) is 0. The lowest BCUT2D eigenvalue weighted by molar-refractivity contribution is -0.110. The van der Waals surface area contributed by atoms with E-state index >= 15 is 0 Å². The Morgan fingerprint density at radius 2 is 1.32 bits per heavy atom. The van der Waals surface area contributed by atoms with Crippen molar-refractivity contribution in [2.24, 2.45) is 11.8 Å². The Balaban J connectivity index is 2.04. The van der Waals surface area contributed by atoms with Crippen LogP contribution in [0.2, 0.25) is 0 Å². The van der Waals surface area contributed by atoms with Gasteiger partial charge in [0.2, 0.25) is 0 Å². The molecule has 0 saturated carbocycles. The molecule has 132 valence electrons. The van der Waals surface area contributed by atoms with Crippen molar-refractivity contribution in [3.05, 3.63) is 83.9 Å². The zero-order valence-corrected chi connectivity index (χ0v) is 15.4. The Bertz CT molecular complexity index is 658. The molecule has 0 aromatic heterocycles.